The highest BCUT2D eigenvalue weighted by atomic mass is 32.2. The van der Waals surface area contributed by atoms with E-state index in [1.807, 2.05) is 35.0 Å². The number of nitrogens with zero attached hydrogens (tertiary/aromatic N) is 2. The molecule has 2 heterocycles. The number of amidine groups is 1. The van der Waals surface area contributed by atoms with Crippen LogP contribution in [0.2, 0.25) is 0 Å². The fraction of sp³-hybridized carbons (Fsp3) is 0.111. The number of hydrogen-bond acceptors (Lipinski definition) is 3. The number of hydrogen-bond donors (Lipinski definition) is 2. The first-order valence-corrected chi connectivity index (χ1v) is 5.14. The molecule has 0 fully saturated rings. The number of nitrogens with one attached hydrogen (secondary N) is 1. The Labute approximate surface area is 85.6 Å². The highest BCUT2D eigenvalue weighted by molar-refractivity contribution is 8.13. The largest absolute Gasteiger partial charge is 0.379 e. The molecule has 0 spiro atoms. The molecular weight excluding hydrogens is 196 g/mol. The van der Waals surface area contributed by atoms with Crippen molar-refractivity contribution in [3.63, 3.8) is 0 Å². The Morgan fingerprint density at radius 2 is 2.43 bits per heavy atom. The number of aromatic nitrogens is 2. The summed E-state index contributed by atoms with van der Waals surface area (Å²) in [5, 5.41) is 7.21. The monoisotopic (exact) mass is 206 g/mol. The third-order valence-corrected chi connectivity index (χ3v) is 2.54. The predicted molar refractivity (Wildman–Crippen MR) is 58.4 cm³/mol. The molecule has 0 unspecified atom stereocenters. The summed E-state index contributed by atoms with van der Waals surface area (Å²) in [6.07, 6.45) is 3.90. The van der Waals surface area contributed by atoms with Crippen molar-refractivity contribution in [3.05, 3.63) is 36.3 Å². The number of fused-ring (bicyclic) bond motifs is 1. The summed E-state index contributed by atoms with van der Waals surface area (Å²) in [7, 11) is 0. The molecule has 5 heteroatoms. The van der Waals surface area contributed by atoms with Crippen LogP contribution in [0.4, 0.5) is 0 Å². The Morgan fingerprint density at radius 3 is 3.14 bits per heavy atom. The number of imidazole rings is 1. The number of rotatable bonds is 2. The Kier molecular flexibility index (Phi) is 2.41. The van der Waals surface area contributed by atoms with E-state index in [0.29, 0.717) is 5.75 Å². The second-order valence-corrected chi connectivity index (χ2v) is 3.87. The molecule has 0 bridgehead atoms. The molecule has 0 amide bonds. The Hall–Kier alpha value is -1.49. The minimum Gasteiger partial charge on any atom is -0.379 e. The molecule has 0 aromatic carbocycles. The van der Waals surface area contributed by atoms with E-state index in [1.54, 1.807) is 0 Å². The summed E-state index contributed by atoms with van der Waals surface area (Å²) in [4.78, 5) is 4.37. The fourth-order valence-electron chi connectivity index (χ4n) is 1.21. The van der Waals surface area contributed by atoms with Crippen LogP contribution in [0.15, 0.2) is 30.6 Å². The van der Waals surface area contributed by atoms with Crippen LogP contribution in [0.3, 0.4) is 0 Å². The van der Waals surface area contributed by atoms with Crippen LogP contribution >= 0.6 is 11.8 Å². The second kappa shape index (κ2) is 3.71. The minimum atomic E-state index is 0.127. The smallest absolute Gasteiger partial charge is 0.151 e. The molecule has 2 rings (SSSR count). The summed E-state index contributed by atoms with van der Waals surface area (Å²) in [5.74, 6) is 0.650. The number of nitrogens with two attached hydrogens (primary N) is 1. The minimum absolute atomic E-state index is 0.127. The van der Waals surface area contributed by atoms with Gasteiger partial charge >= 0.3 is 0 Å². The lowest BCUT2D eigenvalue weighted by molar-refractivity contribution is 1.18. The Morgan fingerprint density at radius 1 is 1.57 bits per heavy atom. The molecular formula is C9H10N4S. The summed E-state index contributed by atoms with van der Waals surface area (Å²) in [5.41, 5.74) is 7.11. The highest BCUT2D eigenvalue weighted by Gasteiger charge is 2.01. The first-order valence-electron chi connectivity index (χ1n) is 4.15. The molecule has 0 aliphatic carbocycles. The molecule has 0 radical (unpaired) electrons. The van der Waals surface area contributed by atoms with Gasteiger partial charge in [0.05, 0.1) is 5.69 Å². The van der Waals surface area contributed by atoms with Gasteiger partial charge < -0.3 is 10.1 Å². The van der Waals surface area contributed by atoms with Gasteiger partial charge in [-0.1, -0.05) is 17.8 Å². The molecule has 0 saturated carbocycles. The lowest BCUT2D eigenvalue weighted by Gasteiger charge is -1.92. The first-order chi connectivity index (χ1) is 6.75. The van der Waals surface area contributed by atoms with Crippen molar-refractivity contribution in [2.75, 3.05) is 0 Å². The van der Waals surface area contributed by atoms with Gasteiger partial charge in [0.25, 0.3) is 0 Å². The van der Waals surface area contributed by atoms with Crippen molar-refractivity contribution < 1.29 is 0 Å². The van der Waals surface area contributed by atoms with Gasteiger partial charge in [-0.2, -0.15) is 0 Å². The van der Waals surface area contributed by atoms with Crippen LogP contribution in [-0.4, -0.2) is 14.6 Å². The van der Waals surface area contributed by atoms with E-state index in [9.17, 15) is 0 Å². The van der Waals surface area contributed by atoms with E-state index >= 15 is 0 Å². The lowest BCUT2D eigenvalue weighted by atomic mass is 10.5. The topological polar surface area (TPSA) is 67.2 Å². The van der Waals surface area contributed by atoms with Gasteiger partial charge in [0.2, 0.25) is 0 Å². The zero-order valence-electron chi connectivity index (χ0n) is 7.47. The number of pyridine rings is 1. The zero-order valence-corrected chi connectivity index (χ0v) is 8.29. The standard InChI is InChI=1S/C9H10N4S/c10-9(11)14-6-7-5-13-4-2-1-3-8(13)12-7/h1-5H,6H2,(H3,10,11). The maximum absolute atomic E-state index is 7.08. The van der Waals surface area contributed by atoms with Crippen LogP contribution in [-0.2, 0) is 5.75 Å². The molecule has 4 nitrogen and oxygen atoms in total. The van der Waals surface area contributed by atoms with E-state index in [-0.39, 0.29) is 5.17 Å². The van der Waals surface area contributed by atoms with Crippen molar-refractivity contribution in [1.82, 2.24) is 9.38 Å². The summed E-state index contributed by atoms with van der Waals surface area (Å²) < 4.78 is 1.95. The van der Waals surface area contributed by atoms with Crippen molar-refractivity contribution in [2.45, 2.75) is 5.75 Å². The van der Waals surface area contributed by atoms with Crippen molar-refractivity contribution >= 4 is 22.6 Å². The zero-order chi connectivity index (χ0) is 9.97. The molecule has 2 aromatic rings. The molecule has 2 aromatic heterocycles. The normalized spacial score (nSPS) is 10.6. The third kappa shape index (κ3) is 1.88. The van der Waals surface area contributed by atoms with Crippen molar-refractivity contribution in [2.24, 2.45) is 5.73 Å². The van der Waals surface area contributed by atoms with Gasteiger partial charge in [0.1, 0.15) is 5.65 Å². The van der Waals surface area contributed by atoms with E-state index in [2.05, 4.69) is 4.98 Å². The first kappa shape index (κ1) is 9.08. The van der Waals surface area contributed by atoms with E-state index in [4.69, 9.17) is 11.1 Å². The summed E-state index contributed by atoms with van der Waals surface area (Å²) in [6.45, 7) is 0. The molecule has 3 N–H and O–H groups in total. The quantitative estimate of drug-likeness (QED) is 0.577. The van der Waals surface area contributed by atoms with Gasteiger partial charge in [-0.15, -0.1) is 0 Å². The second-order valence-electron chi connectivity index (χ2n) is 2.85. The van der Waals surface area contributed by atoms with Crippen LogP contribution in [0, 0.1) is 5.41 Å². The lowest BCUT2D eigenvalue weighted by Crippen LogP contribution is -2.03. The molecule has 0 aliphatic rings. The fourth-order valence-corrected chi connectivity index (χ4v) is 1.65. The van der Waals surface area contributed by atoms with Gasteiger partial charge in [0, 0.05) is 18.1 Å². The van der Waals surface area contributed by atoms with Crippen molar-refractivity contribution in [3.8, 4) is 0 Å². The van der Waals surface area contributed by atoms with Gasteiger partial charge in [-0.25, -0.2) is 4.98 Å². The van der Waals surface area contributed by atoms with Crippen LogP contribution in [0.25, 0.3) is 5.65 Å². The van der Waals surface area contributed by atoms with Crippen LogP contribution < -0.4 is 5.73 Å². The van der Waals surface area contributed by atoms with Crippen LogP contribution in [0.5, 0.6) is 0 Å². The van der Waals surface area contributed by atoms with Crippen LogP contribution in [0.1, 0.15) is 5.69 Å². The molecule has 0 atom stereocenters. The molecule has 14 heavy (non-hydrogen) atoms. The van der Waals surface area contributed by atoms with E-state index in [0.717, 1.165) is 11.3 Å². The molecule has 0 saturated heterocycles. The maximum Gasteiger partial charge on any atom is 0.151 e. The molecule has 0 aliphatic heterocycles. The van der Waals surface area contributed by atoms with E-state index < -0.39 is 0 Å². The summed E-state index contributed by atoms with van der Waals surface area (Å²) >= 11 is 1.28. The highest BCUT2D eigenvalue weighted by Crippen LogP contribution is 2.11. The Bertz CT molecular complexity index is 430. The average Bonchev–Trinajstić information content (AvgIpc) is 2.57. The van der Waals surface area contributed by atoms with Crippen molar-refractivity contribution in [1.29, 1.82) is 5.41 Å². The third-order valence-electron chi connectivity index (χ3n) is 1.79. The van der Waals surface area contributed by atoms with Gasteiger partial charge in [-0.05, 0) is 12.1 Å². The number of thioether (sulfide) groups is 1. The predicted octanol–water partition coefficient (Wildman–Crippen LogP) is 1.46. The Balaban J connectivity index is 2.22. The van der Waals surface area contributed by atoms with Gasteiger partial charge in [0.15, 0.2) is 5.17 Å². The maximum atomic E-state index is 7.08. The van der Waals surface area contributed by atoms with E-state index in [1.165, 1.54) is 11.8 Å². The SMILES string of the molecule is N=C(N)SCc1cn2ccccc2n1. The molecule has 72 valence electrons. The summed E-state index contributed by atoms with van der Waals surface area (Å²) in [6, 6.07) is 5.85. The average molecular weight is 206 g/mol. The van der Waals surface area contributed by atoms with Gasteiger partial charge in [-0.3, -0.25) is 5.41 Å².